The maximum atomic E-state index is 12.0. The van der Waals surface area contributed by atoms with Crippen molar-refractivity contribution in [3.05, 3.63) is 0 Å². The number of hydrogen-bond acceptors (Lipinski definition) is 51. The quantitative estimate of drug-likeness (QED) is 0.0346. The SMILES string of the molecule is OC[C@H]1O[C@H](O[C@H]2[C@H](O)[C@@H](O)[C@@H](O[C@H]3[C@H](O)[C@@H](O)[C@@H](O[C@H]4[C@H](O)[C@@H](O)[C@@H](OC[C@H]5O[C@H](O[C@H]6[C@H](O)[C@@H](O)[C@@H](O[C@H]7[C@H](O)[C@@H](O)C(O)O[C@@H]7CO)O[C@@H]6CO)[C@H](O)[C@@H](O)[C@@H]5O[C@H]5O[C@H](CO)[C@@H](O[C@H]6O[C@H](CO)[C@@H](O[C@H]7O[C@H](CO)[C@@H](O)[C@H](O)[C@H]7O)[C@H](O)[C@H]6O)[C@H](O)[C@H]5O)O[C@@H]4CO)O[C@@H]3CO)O[C@@H]2CO)[C@H](O)[C@@H](O)[C@@H]1O. The predicted molar refractivity (Wildman–Crippen MR) is 330 cm³/mol. The molecule has 32 N–H and O–H groups in total. The lowest BCUT2D eigenvalue weighted by Crippen LogP contribution is -2.68. The number of aliphatic hydroxyl groups is 32. The molecule has 0 amide bonds. The van der Waals surface area contributed by atoms with Crippen molar-refractivity contribution in [1.29, 1.82) is 0 Å². The lowest BCUT2D eigenvalue weighted by molar-refractivity contribution is -0.400. The van der Waals surface area contributed by atoms with E-state index < -0.39 is 373 Å². The lowest BCUT2D eigenvalue weighted by Gasteiger charge is -2.50. The zero-order valence-electron chi connectivity index (χ0n) is 58.0. The molecule has 10 aliphatic rings. The fourth-order valence-corrected chi connectivity index (χ4v) is 14.4. The van der Waals surface area contributed by atoms with Crippen molar-refractivity contribution in [3.63, 3.8) is 0 Å². The van der Waals surface area contributed by atoms with E-state index in [0.717, 1.165) is 0 Å². The second kappa shape index (κ2) is 39.4. The summed E-state index contributed by atoms with van der Waals surface area (Å²) in [7, 11) is 0. The van der Waals surface area contributed by atoms with Crippen LogP contribution in [0.5, 0.6) is 0 Å². The van der Waals surface area contributed by atoms with Crippen molar-refractivity contribution in [3.8, 4) is 0 Å². The molecule has 0 aliphatic carbocycles. The minimum absolute atomic E-state index is 0.887. The summed E-state index contributed by atoms with van der Waals surface area (Å²) >= 11 is 0. The van der Waals surface area contributed by atoms with Crippen LogP contribution in [-0.4, -0.2) is 537 Å². The molecule has 10 aliphatic heterocycles. The van der Waals surface area contributed by atoms with Gasteiger partial charge in [0.05, 0.1) is 66.1 Å². The summed E-state index contributed by atoms with van der Waals surface area (Å²) < 4.78 is 107. The number of aliphatic hydroxyl groups excluding tert-OH is 32. The Morgan fingerprint density at radius 2 is 0.315 bits per heavy atom. The highest BCUT2D eigenvalue weighted by Gasteiger charge is 2.61. The number of ether oxygens (including phenoxy) is 19. The fraction of sp³-hybridized carbons (Fsp3) is 1.00. The summed E-state index contributed by atoms with van der Waals surface area (Å²) in [6, 6.07) is 0. The Morgan fingerprint density at radius 3 is 0.541 bits per heavy atom. The van der Waals surface area contributed by atoms with Gasteiger partial charge in [-0.2, -0.15) is 0 Å². The molecular weight excluding hydrogens is 1540 g/mol. The minimum Gasteiger partial charge on any atom is -0.394 e. The average molecular weight is 1640 g/mol. The van der Waals surface area contributed by atoms with Gasteiger partial charge in [-0.05, 0) is 0 Å². The van der Waals surface area contributed by atoms with Gasteiger partial charge in [0.2, 0.25) is 0 Å². The molecule has 0 bridgehead atoms. The fourth-order valence-electron chi connectivity index (χ4n) is 14.4. The molecule has 0 aromatic rings. The van der Waals surface area contributed by atoms with Crippen molar-refractivity contribution in [2.24, 2.45) is 0 Å². The molecular formula is C60H102O51. The van der Waals surface area contributed by atoms with Crippen LogP contribution < -0.4 is 0 Å². The third kappa shape index (κ3) is 18.9. The largest absolute Gasteiger partial charge is 0.394 e. The summed E-state index contributed by atoms with van der Waals surface area (Å²) in [6.07, 6.45) is -103. The van der Waals surface area contributed by atoms with Gasteiger partial charge in [0, 0.05) is 0 Å². The Kier molecular flexibility index (Phi) is 32.4. The normalized spacial score (nSPS) is 53.7. The molecule has 10 saturated heterocycles. The van der Waals surface area contributed by atoms with Gasteiger partial charge in [-0.1, -0.05) is 0 Å². The molecule has 648 valence electrons. The van der Waals surface area contributed by atoms with Crippen LogP contribution in [0.25, 0.3) is 0 Å². The second-order valence-corrected chi connectivity index (χ2v) is 28.0. The first-order valence-electron chi connectivity index (χ1n) is 35.2. The maximum Gasteiger partial charge on any atom is 0.187 e. The second-order valence-electron chi connectivity index (χ2n) is 28.0. The van der Waals surface area contributed by atoms with Gasteiger partial charge >= 0.3 is 0 Å². The van der Waals surface area contributed by atoms with Crippen LogP contribution in [0.15, 0.2) is 0 Å². The van der Waals surface area contributed by atoms with Gasteiger partial charge in [0.15, 0.2) is 62.9 Å². The smallest absolute Gasteiger partial charge is 0.187 e. The molecule has 0 aromatic carbocycles. The van der Waals surface area contributed by atoms with E-state index in [1.807, 2.05) is 0 Å². The summed E-state index contributed by atoms with van der Waals surface area (Å²) in [6.45, 7) is -10.7. The zero-order valence-corrected chi connectivity index (χ0v) is 58.0. The summed E-state index contributed by atoms with van der Waals surface area (Å²) in [5, 5.41) is 346. The van der Waals surface area contributed by atoms with E-state index in [-0.39, 0.29) is 0 Å². The zero-order chi connectivity index (χ0) is 81.4. The monoisotopic (exact) mass is 1640 g/mol. The molecule has 10 fully saturated rings. The van der Waals surface area contributed by atoms with E-state index in [9.17, 15) is 163 Å². The molecule has 51 heteroatoms. The van der Waals surface area contributed by atoms with E-state index in [0.29, 0.717) is 0 Å². The highest BCUT2D eigenvalue weighted by molar-refractivity contribution is 5.03. The minimum atomic E-state index is -2.46. The van der Waals surface area contributed by atoms with Gasteiger partial charge in [0.25, 0.3) is 0 Å². The van der Waals surface area contributed by atoms with E-state index in [1.54, 1.807) is 0 Å². The Bertz CT molecular complexity index is 2770. The first-order chi connectivity index (χ1) is 52.7. The summed E-state index contributed by atoms with van der Waals surface area (Å²) in [5.41, 5.74) is 0. The van der Waals surface area contributed by atoms with Crippen LogP contribution in [0.3, 0.4) is 0 Å². The van der Waals surface area contributed by atoms with Crippen LogP contribution in [-0.2, 0) is 90.0 Å². The first kappa shape index (κ1) is 91.3. The van der Waals surface area contributed by atoms with Crippen molar-refractivity contribution in [1.82, 2.24) is 0 Å². The topological polar surface area (TPSA) is 823 Å². The molecule has 51 nitrogen and oxygen atoms in total. The van der Waals surface area contributed by atoms with E-state index >= 15 is 0 Å². The number of hydrogen-bond donors (Lipinski definition) is 32. The third-order valence-corrected chi connectivity index (χ3v) is 20.9. The maximum absolute atomic E-state index is 12.0. The summed E-state index contributed by atoms with van der Waals surface area (Å²) in [5.74, 6) is 0. The van der Waals surface area contributed by atoms with Gasteiger partial charge < -0.3 is 253 Å². The van der Waals surface area contributed by atoms with E-state index in [2.05, 4.69) is 0 Å². The molecule has 1 unspecified atom stereocenters. The van der Waals surface area contributed by atoms with Gasteiger partial charge in [0.1, 0.15) is 244 Å². The molecule has 0 saturated carbocycles. The molecule has 10 rings (SSSR count). The number of rotatable bonds is 28. The van der Waals surface area contributed by atoms with Gasteiger partial charge in [-0.3, -0.25) is 0 Å². The molecule has 111 heavy (non-hydrogen) atoms. The lowest BCUT2D eigenvalue weighted by atomic mass is 9.95. The van der Waals surface area contributed by atoms with Crippen LogP contribution in [0.1, 0.15) is 0 Å². The van der Waals surface area contributed by atoms with E-state index in [1.165, 1.54) is 0 Å². The van der Waals surface area contributed by atoms with Crippen molar-refractivity contribution in [2.75, 3.05) is 66.1 Å². The van der Waals surface area contributed by atoms with Crippen molar-refractivity contribution >= 4 is 0 Å². The Morgan fingerprint density at radius 1 is 0.153 bits per heavy atom. The Balaban J connectivity index is 0.828. The van der Waals surface area contributed by atoms with Crippen LogP contribution in [0, 0.1) is 0 Å². The Labute approximate surface area is 625 Å². The van der Waals surface area contributed by atoms with Gasteiger partial charge in [-0.15, -0.1) is 0 Å². The van der Waals surface area contributed by atoms with Crippen molar-refractivity contribution in [2.45, 2.75) is 307 Å². The molecule has 0 radical (unpaired) electrons. The molecule has 0 spiro atoms. The third-order valence-electron chi connectivity index (χ3n) is 20.9. The average Bonchev–Trinajstić information content (AvgIpc) is 0.775. The Hall–Kier alpha value is -2.04. The first-order valence-corrected chi connectivity index (χ1v) is 35.2. The van der Waals surface area contributed by atoms with Gasteiger partial charge in [-0.25, -0.2) is 0 Å². The summed E-state index contributed by atoms with van der Waals surface area (Å²) in [4.78, 5) is 0. The molecule has 50 atom stereocenters. The predicted octanol–water partition coefficient (Wildman–Crippen LogP) is -22.8. The highest BCUT2D eigenvalue weighted by Crippen LogP contribution is 2.40. The van der Waals surface area contributed by atoms with E-state index in [4.69, 9.17) is 90.0 Å². The van der Waals surface area contributed by atoms with Crippen LogP contribution in [0.4, 0.5) is 0 Å². The standard InChI is InChI=1S/C60H102O51/c61-1-11-21(70)23(72)34(83)53(95-11)105-45-15(5-65)99-57(38(87)27(45)76)108-47-17(7-67)101-56(40(89)29(47)78)107-44-14(4-64)97-52(36(85)26(44)75)93-10-20-50(32(81)42(91)60(103-20)110-49-19(9-69)98-55(37(86)30(49)79)104-43-13(3-63)94-51(92)33(82)25(43)74)111-59-41(90)31(80)48(18(8-68)102-59)109-58-39(88)28(77)46(16(6-66)100-58)106-54-35(84)24(73)22(71)12(2-62)96-54/h11-92H,1-10H2/t11-,12-,13-,14-,15-,16-,17-,18-,19-,20-,21-,22-,23+,24+,25-,26-,27-,28-,29-,30-,31-,32-,33-,34-,35-,36-,37-,38-,39-,40-,41-,42-,43-,44-,45-,46-,47-,48-,49-,50-,51?,52+,53-,54-,55-,56-,57-,58-,59-,60-/m1/s1. The molecule has 0 aromatic heterocycles. The highest BCUT2D eigenvalue weighted by atomic mass is 16.8. The molecule has 10 heterocycles. The van der Waals surface area contributed by atoms with Crippen LogP contribution >= 0.6 is 0 Å². The van der Waals surface area contributed by atoms with Crippen molar-refractivity contribution < 1.29 is 253 Å². The van der Waals surface area contributed by atoms with Crippen LogP contribution in [0.2, 0.25) is 0 Å².